The van der Waals surface area contributed by atoms with Crippen molar-refractivity contribution in [1.29, 1.82) is 0 Å². The van der Waals surface area contributed by atoms with Crippen molar-refractivity contribution in [2.45, 2.75) is 34.0 Å². The van der Waals surface area contributed by atoms with E-state index in [2.05, 4.69) is 54.2 Å². The molecular formula is C21H26N2O2. The van der Waals surface area contributed by atoms with Crippen LogP contribution in [-0.2, 0) is 9.47 Å². The Morgan fingerprint density at radius 1 is 1.12 bits per heavy atom. The largest absolute Gasteiger partial charge is 0.354 e. The number of H-pyrrole nitrogens is 1. The number of aryl methyl sites for hydroxylation is 2. The summed E-state index contributed by atoms with van der Waals surface area (Å²) in [6.07, 6.45) is 1.67. The molecule has 0 saturated carbocycles. The molecule has 3 rings (SSSR count). The van der Waals surface area contributed by atoms with Gasteiger partial charge in [-0.15, -0.1) is 0 Å². The molecular weight excluding hydrogens is 312 g/mol. The van der Waals surface area contributed by atoms with E-state index >= 15 is 0 Å². The number of para-hydroxylation sites is 1. The van der Waals surface area contributed by atoms with Crippen LogP contribution in [0.3, 0.4) is 0 Å². The monoisotopic (exact) mass is 338 g/mol. The molecule has 0 atom stereocenters. The average molecular weight is 338 g/mol. The van der Waals surface area contributed by atoms with E-state index in [0.29, 0.717) is 19.8 Å². The first kappa shape index (κ1) is 17.6. The second-order valence-electron chi connectivity index (χ2n) is 6.16. The lowest BCUT2D eigenvalue weighted by Gasteiger charge is -2.14. The SMILES string of the molecule is CCOC(CN=Cc1cc(C)c2[nH]c3ccccc3c2c1C)OCC. The molecule has 4 heteroatoms. The van der Waals surface area contributed by atoms with E-state index in [1.807, 2.05) is 20.1 Å². The zero-order chi connectivity index (χ0) is 17.8. The lowest BCUT2D eigenvalue weighted by Crippen LogP contribution is -2.20. The third-order valence-electron chi connectivity index (χ3n) is 4.47. The van der Waals surface area contributed by atoms with Gasteiger partial charge in [-0.05, 0) is 56.5 Å². The van der Waals surface area contributed by atoms with E-state index in [4.69, 9.17) is 9.47 Å². The Bertz CT molecular complexity index is 890. The highest BCUT2D eigenvalue weighted by Gasteiger charge is 2.12. The Morgan fingerprint density at radius 2 is 1.84 bits per heavy atom. The van der Waals surface area contributed by atoms with Crippen LogP contribution in [0.5, 0.6) is 0 Å². The number of aliphatic imine (C=N–C) groups is 1. The Kier molecular flexibility index (Phi) is 5.51. The fourth-order valence-corrected chi connectivity index (χ4v) is 3.28. The lowest BCUT2D eigenvalue weighted by atomic mass is 9.99. The van der Waals surface area contributed by atoms with E-state index in [-0.39, 0.29) is 6.29 Å². The van der Waals surface area contributed by atoms with Gasteiger partial charge < -0.3 is 14.5 Å². The number of aromatic amines is 1. The number of ether oxygens (including phenoxy) is 2. The second-order valence-corrected chi connectivity index (χ2v) is 6.16. The minimum absolute atomic E-state index is 0.274. The number of hydrogen-bond acceptors (Lipinski definition) is 3. The quantitative estimate of drug-likeness (QED) is 0.499. The maximum Gasteiger partial charge on any atom is 0.176 e. The fraction of sp³-hybridized carbons (Fsp3) is 0.381. The first-order valence-corrected chi connectivity index (χ1v) is 8.89. The van der Waals surface area contributed by atoms with Gasteiger partial charge in [0.15, 0.2) is 6.29 Å². The first-order chi connectivity index (χ1) is 12.2. The fourth-order valence-electron chi connectivity index (χ4n) is 3.28. The van der Waals surface area contributed by atoms with Crippen molar-refractivity contribution in [2.24, 2.45) is 4.99 Å². The number of fused-ring (bicyclic) bond motifs is 3. The molecule has 2 aromatic carbocycles. The first-order valence-electron chi connectivity index (χ1n) is 8.89. The predicted molar refractivity (Wildman–Crippen MR) is 105 cm³/mol. The van der Waals surface area contributed by atoms with Gasteiger partial charge in [-0.1, -0.05) is 18.2 Å². The van der Waals surface area contributed by atoms with Crippen molar-refractivity contribution >= 4 is 28.0 Å². The summed E-state index contributed by atoms with van der Waals surface area (Å²) in [7, 11) is 0. The zero-order valence-corrected chi connectivity index (χ0v) is 15.4. The molecule has 0 amide bonds. The third kappa shape index (κ3) is 3.60. The average Bonchev–Trinajstić information content (AvgIpc) is 3.00. The lowest BCUT2D eigenvalue weighted by molar-refractivity contribution is -0.128. The number of nitrogens with zero attached hydrogens (tertiary/aromatic N) is 1. The summed E-state index contributed by atoms with van der Waals surface area (Å²) in [5, 5.41) is 2.54. The summed E-state index contributed by atoms with van der Waals surface area (Å²) in [4.78, 5) is 8.10. The molecule has 0 aliphatic heterocycles. The van der Waals surface area contributed by atoms with E-state index in [0.717, 1.165) is 5.56 Å². The minimum Gasteiger partial charge on any atom is -0.354 e. The van der Waals surface area contributed by atoms with E-state index in [1.165, 1.54) is 32.9 Å². The molecule has 0 unspecified atom stereocenters. The molecule has 0 bridgehead atoms. The maximum absolute atomic E-state index is 5.55. The van der Waals surface area contributed by atoms with Gasteiger partial charge in [-0.25, -0.2) is 0 Å². The zero-order valence-electron chi connectivity index (χ0n) is 15.4. The van der Waals surface area contributed by atoms with Gasteiger partial charge in [0.25, 0.3) is 0 Å². The molecule has 0 fully saturated rings. The molecule has 25 heavy (non-hydrogen) atoms. The summed E-state index contributed by atoms with van der Waals surface area (Å²) < 4.78 is 11.1. The Balaban J connectivity index is 1.95. The van der Waals surface area contributed by atoms with Crippen molar-refractivity contribution < 1.29 is 9.47 Å². The molecule has 1 aromatic heterocycles. The molecule has 0 spiro atoms. The van der Waals surface area contributed by atoms with Crippen LogP contribution < -0.4 is 0 Å². The van der Waals surface area contributed by atoms with E-state index in [1.54, 1.807) is 0 Å². The summed E-state index contributed by atoms with van der Waals surface area (Å²) in [6.45, 7) is 9.98. The van der Waals surface area contributed by atoms with Gasteiger partial charge in [0.2, 0.25) is 0 Å². The highest BCUT2D eigenvalue weighted by atomic mass is 16.7. The van der Waals surface area contributed by atoms with Crippen molar-refractivity contribution in [1.82, 2.24) is 4.98 Å². The van der Waals surface area contributed by atoms with Crippen LogP contribution in [0.1, 0.15) is 30.5 Å². The van der Waals surface area contributed by atoms with Gasteiger partial charge in [0, 0.05) is 41.2 Å². The minimum atomic E-state index is -0.274. The van der Waals surface area contributed by atoms with Gasteiger partial charge in [0.1, 0.15) is 0 Å². The van der Waals surface area contributed by atoms with Crippen LogP contribution in [0.4, 0.5) is 0 Å². The molecule has 0 radical (unpaired) electrons. The Hall–Kier alpha value is -2.17. The summed E-state index contributed by atoms with van der Waals surface area (Å²) in [5.74, 6) is 0. The Labute approximate surface area is 148 Å². The van der Waals surface area contributed by atoms with Gasteiger partial charge >= 0.3 is 0 Å². The topological polar surface area (TPSA) is 46.6 Å². The predicted octanol–water partition coefficient (Wildman–Crippen LogP) is 4.76. The van der Waals surface area contributed by atoms with Crippen LogP contribution in [0.15, 0.2) is 35.3 Å². The van der Waals surface area contributed by atoms with Gasteiger partial charge in [-0.2, -0.15) is 0 Å². The molecule has 0 aliphatic rings. The molecule has 0 saturated heterocycles. The summed E-state index contributed by atoms with van der Waals surface area (Å²) in [5.41, 5.74) is 5.99. The summed E-state index contributed by atoms with van der Waals surface area (Å²) >= 11 is 0. The molecule has 132 valence electrons. The molecule has 4 nitrogen and oxygen atoms in total. The number of hydrogen-bond donors (Lipinski definition) is 1. The van der Waals surface area contributed by atoms with Crippen LogP contribution in [0.2, 0.25) is 0 Å². The van der Waals surface area contributed by atoms with Crippen LogP contribution in [0.25, 0.3) is 21.8 Å². The number of aromatic nitrogens is 1. The van der Waals surface area contributed by atoms with E-state index in [9.17, 15) is 0 Å². The molecule has 1 heterocycles. The van der Waals surface area contributed by atoms with Gasteiger partial charge in [0.05, 0.1) is 6.54 Å². The second kappa shape index (κ2) is 7.81. The van der Waals surface area contributed by atoms with Crippen molar-refractivity contribution in [3.8, 4) is 0 Å². The highest BCUT2D eigenvalue weighted by Crippen LogP contribution is 2.31. The maximum atomic E-state index is 5.55. The van der Waals surface area contributed by atoms with Crippen LogP contribution in [0, 0.1) is 13.8 Å². The normalized spacial score (nSPS) is 12.2. The molecule has 0 aliphatic carbocycles. The Morgan fingerprint density at radius 3 is 2.56 bits per heavy atom. The standard InChI is InChI=1S/C21H26N2O2/c1-5-24-19(25-6-2)13-22-12-16-11-14(3)21-20(15(16)4)17-9-7-8-10-18(17)23-21/h7-12,19,23H,5-6,13H2,1-4H3. The van der Waals surface area contributed by atoms with E-state index < -0.39 is 0 Å². The van der Waals surface area contributed by atoms with Crippen molar-refractivity contribution in [2.75, 3.05) is 19.8 Å². The van der Waals surface area contributed by atoms with Gasteiger partial charge in [-0.3, -0.25) is 4.99 Å². The highest BCUT2D eigenvalue weighted by molar-refractivity contribution is 6.11. The smallest absolute Gasteiger partial charge is 0.176 e. The van der Waals surface area contributed by atoms with Crippen LogP contribution >= 0.6 is 0 Å². The van der Waals surface area contributed by atoms with Crippen molar-refractivity contribution in [3.05, 3.63) is 47.0 Å². The van der Waals surface area contributed by atoms with Crippen LogP contribution in [-0.4, -0.2) is 37.2 Å². The van der Waals surface area contributed by atoms with Crippen molar-refractivity contribution in [3.63, 3.8) is 0 Å². The number of nitrogens with one attached hydrogen (secondary N) is 1. The molecule has 3 aromatic rings. The number of rotatable bonds is 7. The molecule has 1 N–H and O–H groups in total. The third-order valence-corrected chi connectivity index (χ3v) is 4.47. The number of benzene rings is 2. The summed E-state index contributed by atoms with van der Waals surface area (Å²) in [6, 6.07) is 10.6.